The van der Waals surface area contributed by atoms with Crippen LogP contribution in [0.4, 0.5) is 0 Å². The fourth-order valence-electron chi connectivity index (χ4n) is 4.85. The lowest BCUT2D eigenvalue weighted by atomic mass is 9.93. The molecule has 2 heterocycles. The van der Waals surface area contributed by atoms with Crippen LogP contribution in [0.15, 0.2) is 50.0 Å². The molecule has 0 spiro atoms. The Morgan fingerprint density at radius 1 is 1.03 bits per heavy atom. The van der Waals surface area contributed by atoms with Crippen molar-refractivity contribution in [3.63, 3.8) is 0 Å². The van der Waals surface area contributed by atoms with E-state index in [-0.39, 0.29) is 18.9 Å². The summed E-state index contributed by atoms with van der Waals surface area (Å²) in [7, 11) is 0. The van der Waals surface area contributed by atoms with E-state index in [2.05, 4.69) is 5.32 Å². The fraction of sp³-hybridized carbons (Fsp3) is 0.333. The number of furan rings is 1. The maximum Gasteiger partial charge on any atom is 0.340 e. The van der Waals surface area contributed by atoms with E-state index in [0.717, 1.165) is 64.5 Å². The van der Waals surface area contributed by atoms with Crippen LogP contribution in [-0.2, 0) is 24.1 Å². The highest BCUT2D eigenvalue weighted by molar-refractivity contribution is 6.00. The average Bonchev–Trinajstić information content (AvgIpc) is 3.21. The zero-order valence-corrected chi connectivity index (χ0v) is 18.9. The second-order valence-electron chi connectivity index (χ2n) is 8.87. The van der Waals surface area contributed by atoms with Crippen molar-refractivity contribution in [1.82, 2.24) is 5.32 Å². The molecule has 1 aliphatic carbocycles. The minimum Gasteiger partial charge on any atom is -0.460 e. The first-order valence-electron chi connectivity index (χ1n) is 11.4. The molecule has 0 radical (unpaired) electrons. The molecule has 0 aliphatic heterocycles. The number of hydrogen-bond acceptors (Lipinski definition) is 5. The first-order chi connectivity index (χ1) is 15.9. The summed E-state index contributed by atoms with van der Waals surface area (Å²) in [5, 5.41) is 14.9. The van der Waals surface area contributed by atoms with Gasteiger partial charge in [0, 0.05) is 34.9 Å². The van der Waals surface area contributed by atoms with Crippen molar-refractivity contribution >= 4 is 27.8 Å². The quantitative estimate of drug-likeness (QED) is 0.444. The number of carbonyl (C=O) groups excluding carboxylic acids is 1. The van der Waals surface area contributed by atoms with Crippen LogP contribution < -0.4 is 10.9 Å². The number of aryl methyl sites for hydroxylation is 4. The molecule has 2 aromatic heterocycles. The SMILES string of the molecule is Cc1c(CC(=O)NC[C@H](O)c2ccccc2)c(=O)oc2c(C)c3oc4c(c3cc12)CCCC4. The van der Waals surface area contributed by atoms with Crippen LogP contribution in [0.5, 0.6) is 0 Å². The van der Waals surface area contributed by atoms with E-state index >= 15 is 0 Å². The van der Waals surface area contributed by atoms with E-state index in [9.17, 15) is 14.7 Å². The lowest BCUT2D eigenvalue weighted by Crippen LogP contribution is -2.31. The molecule has 33 heavy (non-hydrogen) atoms. The smallest absolute Gasteiger partial charge is 0.340 e. The van der Waals surface area contributed by atoms with Crippen LogP contribution in [0.2, 0.25) is 0 Å². The molecule has 1 amide bonds. The molecule has 1 aliphatic rings. The Hall–Kier alpha value is -3.38. The number of benzene rings is 2. The molecule has 2 N–H and O–H groups in total. The van der Waals surface area contributed by atoms with Crippen LogP contribution in [0.1, 0.15) is 52.5 Å². The van der Waals surface area contributed by atoms with Crippen molar-refractivity contribution < 1.29 is 18.7 Å². The summed E-state index contributed by atoms with van der Waals surface area (Å²) >= 11 is 0. The first-order valence-corrected chi connectivity index (χ1v) is 11.4. The van der Waals surface area contributed by atoms with E-state index in [1.165, 1.54) is 5.56 Å². The Morgan fingerprint density at radius 2 is 1.76 bits per heavy atom. The number of aliphatic hydroxyl groups excluding tert-OH is 1. The largest absolute Gasteiger partial charge is 0.460 e. The molecule has 0 saturated carbocycles. The molecule has 0 unspecified atom stereocenters. The van der Waals surface area contributed by atoms with Gasteiger partial charge in [0.15, 0.2) is 0 Å². The summed E-state index contributed by atoms with van der Waals surface area (Å²) in [6.45, 7) is 3.85. The van der Waals surface area contributed by atoms with Gasteiger partial charge in [-0.25, -0.2) is 4.79 Å². The molecule has 4 aromatic rings. The number of nitrogens with one attached hydrogen (secondary N) is 1. The van der Waals surface area contributed by atoms with Gasteiger partial charge in [0.05, 0.1) is 18.1 Å². The zero-order valence-electron chi connectivity index (χ0n) is 18.9. The van der Waals surface area contributed by atoms with E-state index in [4.69, 9.17) is 8.83 Å². The third-order valence-electron chi connectivity index (χ3n) is 6.74. The van der Waals surface area contributed by atoms with Gasteiger partial charge >= 0.3 is 5.63 Å². The van der Waals surface area contributed by atoms with Crippen molar-refractivity contribution in [3.05, 3.63) is 80.4 Å². The Morgan fingerprint density at radius 3 is 2.55 bits per heavy atom. The van der Waals surface area contributed by atoms with Gasteiger partial charge in [-0.05, 0) is 50.3 Å². The molecule has 170 valence electrons. The molecule has 6 heteroatoms. The summed E-state index contributed by atoms with van der Waals surface area (Å²) in [6.07, 6.45) is 3.27. The summed E-state index contributed by atoms with van der Waals surface area (Å²) in [5.74, 6) is 0.699. The minimum absolute atomic E-state index is 0.0711. The third-order valence-corrected chi connectivity index (χ3v) is 6.74. The maximum atomic E-state index is 12.8. The Balaban J connectivity index is 1.45. The number of amides is 1. The summed E-state index contributed by atoms with van der Waals surface area (Å²) in [4.78, 5) is 25.4. The van der Waals surface area contributed by atoms with Gasteiger partial charge < -0.3 is 19.3 Å². The molecular formula is C27H27NO5. The predicted octanol–water partition coefficient (Wildman–Crippen LogP) is 4.43. The van der Waals surface area contributed by atoms with Gasteiger partial charge in [-0.3, -0.25) is 4.79 Å². The molecule has 1 atom stereocenters. The predicted molar refractivity (Wildman–Crippen MR) is 126 cm³/mol. The standard InChI is InChI=1S/C27H27NO5/c1-15-19-12-21-18-10-6-7-11-23(18)32-26(21)16(2)25(19)33-27(31)20(15)13-24(30)28-14-22(29)17-8-4-3-5-9-17/h3-5,8-9,12,22,29H,6-7,10-11,13-14H2,1-2H3,(H,28,30)/t22-/m0/s1. The van der Waals surface area contributed by atoms with E-state index < -0.39 is 11.7 Å². The Labute approximate surface area is 191 Å². The number of rotatable bonds is 5. The van der Waals surface area contributed by atoms with Gasteiger partial charge in [0.2, 0.25) is 5.91 Å². The Bertz CT molecular complexity index is 1410. The van der Waals surface area contributed by atoms with Crippen molar-refractivity contribution in [2.24, 2.45) is 0 Å². The first kappa shape index (κ1) is 21.5. The van der Waals surface area contributed by atoms with Crippen LogP contribution in [0, 0.1) is 13.8 Å². The van der Waals surface area contributed by atoms with E-state index in [0.29, 0.717) is 11.1 Å². The fourth-order valence-corrected chi connectivity index (χ4v) is 4.85. The number of carbonyl (C=O) groups is 1. The third kappa shape index (κ3) is 3.85. The monoisotopic (exact) mass is 445 g/mol. The normalized spacial score (nSPS) is 14.4. The molecule has 2 aromatic carbocycles. The number of fused-ring (bicyclic) bond motifs is 4. The van der Waals surface area contributed by atoms with Crippen LogP contribution in [0.25, 0.3) is 21.9 Å². The van der Waals surface area contributed by atoms with Crippen molar-refractivity contribution in [2.45, 2.75) is 52.1 Å². The van der Waals surface area contributed by atoms with Crippen LogP contribution >= 0.6 is 0 Å². The van der Waals surface area contributed by atoms with E-state index in [1.807, 2.05) is 38.1 Å². The van der Waals surface area contributed by atoms with Gasteiger partial charge in [-0.1, -0.05) is 30.3 Å². The highest BCUT2D eigenvalue weighted by Crippen LogP contribution is 2.37. The van der Waals surface area contributed by atoms with Gasteiger partial charge in [0.25, 0.3) is 0 Å². The highest BCUT2D eigenvalue weighted by atomic mass is 16.4. The van der Waals surface area contributed by atoms with Gasteiger partial charge in [-0.15, -0.1) is 0 Å². The molecule has 0 bridgehead atoms. The second-order valence-corrected chi connectivity index (χ2v) is 8.87. The van der Waals surface area contributed by atoms with Gasteiger partial charge in [0.1, 0.15) is 16.9 Å². The summed E-state index contributed by atoms with van der Waals surface area (Å²) in [5.41, 5.74) is 4.66. The summed E-state index contributed by atoms with van der Waals surface area (Å²) in [6, 6.07) is 11.2. The molecular weight excluding hydrogens is 418 g/mol. The van der Waals surface area contributed by atoms with Crippen LogP contribution in [-0.4, -0.2) is 17.6 Å². The van der Waals surface area contributed by atoms with Crippen LogP contribution in [0.3, 0.4) is 0 Å². The topological polar surface area (TPSA) is 92.7 Å². The second kappa shape index (κ2) is 8.52. The number of aliphatic hydroxyl groups is 1. The van der Waals surface area contributed by atoms with Crippen molar-refractivity contribution in [2.75, 3.05) is 6.54 Å². The molecule has 5 rings (SSSR count). The summed E-state index contributed by atoms with van der Waals surface area (Å²) < 4.78 is 11.8. The number of hydrogen-bond donors (Lipinski definition) is 2. The molecule has 0 saturated heterocycles. The van der Waals surface area contributed by atoms with Gasteiger partial charge in [-0.2, -0.15) is 0 Å². The lowest BCUT2D eigenvalue weighted by Gasteiger charge is -2.13. The molecule has 0 fully saturated rings. The lowest BCUT2D eigenvalue weighted by molar-refractivity contribution is -0.120. The Kier molecular flexibility index (Phi) is 5.54. The van der Waals surface area contributed by atoms with Crippen molar-refractivity contribution in [3.8, 4) is 0 Å². The average molecular weight is 446 g/mol. The highest BCUT2D eigenvalue weighted by Gasteiger charge is 2.23. The van der Waals surface area contributed by atoms with Crippen molar-refractivity contribution in [1.29, 1.82) is 0 Å². The molecule has 6 nitrogen and oxygen atoms in total. The minimum atomic E-state index is -0.813. The zero-order chi connectivity index (χ0) is 23.1. The maximum absolute atomic E-state index is 12.8. The van der Waals surface area contributed by atoms with E-state index in [1.54, 1.807) is 12.1 Å².